The molecule has 0 saturated heterocycles. The first-order valence-electron chi connectivity index (χ1n) is 7.98. The van der Waals surface area contributed by atoms with E-state index in [1.54, 1.807) is 0 Å². The third-order valence-electron chi connectivity index (χ3n) is 3.48. The van der Waals surface area contributed by atoms with Crippen LogP contribution in [0.3, 0.4) is 0 Å². The lowest BCUT2D eigenvalue weighted by molar-refractivity contribution is -0.128. The zero-order valence-corrected chi connectivity index (χ0v) is 16.3. The largest absolute Gasteiger partial charge is 0.355 e. The highest BCUT2D eigenvalue weighted by Gasteiger charge is 2.20. The summed E-state index contributed by atoms with van der Waals surface area (Å²) in [5.41, 5.74) is 1.32. The normalized spacial score (nSPS) is 11.2. The monoisotopic (exact) mass is 379 g/mol. The molecule has 5 nitrogen and oxygen atoms in total. The van der Waals surface area contributed by atoms with Gasteiger partial charge >= 0.3 is 0 Å². The van der Waals surface area contributed by atoms with E-state index in [1.165, 1.54) is 11.3 Å². The first-order chi connectivity index (χ1) is 11.7. The number of hydrogen-bond donors (Lipinski definition) is 2. The SMILES string of the molecule is Cc1sc(NC(=O)CCNC(=O)C(C)(C)C)nc1-c1ccc(Cl)cc1. The molecule has 0 fully saturated rings. The van der Waals surface area contributed by atoms with Crippen molar-refractivity contribution >= 4 is 39.9 Å². The number of hydrogen-bond acceptors (Lipinski definition) is 4. The molecule has 0 aliphatic carbocycles. The number of thiazole rings is 1. The van der Waals surface area contributed by atoms with Crippen LogP contribution in [0.25, 0.3) is 11.3 Å². The van der Waals surface area contributed by atoms with Crippen LogP contribution < -0.4 is 10.6 Å². The molecule has 2 rings (SSSR count). The minimum absolute atomic E-state index is 0.0737. The van der Waals surface area contributed by atoms with Gasteiger partial charge in [-0.1, -0.05) is 44.5 Å². The Morgan fingerprint density at radius 3 is 2.44 bits per heavy atom. The van der Waals surface area contributed by atoms with Gasteiger partial charge in [-0.05, 0) is 19.1 Å². The molecule has 0 bridgehead atoms. The summed E-state index contributed by atoms with van der Waals surface area (Å²) in [5, 5.41) is 6.77. The highest BCUT2D eigenvalue weighted by atomic mass is 35.5. The van der Waals surface area contributed by atoms with E-state index < -0.39 is 5.41 Å². The predicted molar refractivity (Wildman–Crippen MR) is 103 cm³/mol. The summed E-state index contributed by atoms with van der Waals surface area (Å²) in [4.78, 5) is 29.3. The standard InChI is InChI=1S/C18H22ClN3O2S/c1-11-15(12-5-7-13(19)8-6-12)22-17(25-11)21-14(23)9-10-20-16(24)18(2,3)4/h5-8H,9-10H2,1-4H3,(H,20,24)(H,21,22,23). The molecule has 0 unspecified atom stereocenters. The van der Waals surface area contributed by atoms with Crippen LogP contribution in [0.15, 0.2) is 24.3 Å². The lowest BCUT2D eigenvalue weighted by atomic mass is 9.96. The van der Waals surface area contributed by atoms with E-state index in [4.69, 9.17) is 11.6 Å². The fourth-order valence-electron chi connectivity index (χ4n) is 2.06. The van der Waals surface area contributed by atoms with Gasteiger partial charge in [-0.15, -0.1) is 11.3 Å². The second-order valence-corrected chi connectivity index (χ2v) is 8.37. The molecule has 7 heteroatoms. The zero-order valence-electron chi connectivity index (χ0n) is 14.8. The summed E-state index contributed by atoms with van der Waals surface area (Å²) in [6.07, 6.45) is 0.205. The van der Waals surface area contributed by atoms with E-state index >= 15 is 0 Å². The molecular weight excluding hydrogens is 358 g/mol. The predicted octanol–water partition coefficient (Wildman–Crippen LogP) is 4.26. The summed E-state index contributed by atoms with van der Waals surface area (Å²) in [7, 11) is 0. The molecule has 1 aromatic carbocycles. The Hall–Kier alpha value is -1.92. The van der Waals surface area contributed by atoms with E-state index in [1.807, 2.05) is 52.0 Å². The summed E-state index contributed by atoms with van der Waals surface area (Å²) in [5.74, 6) is -0.249. The van der Waals surface area contributed by atoms with Crippen LogP contribution >= 0.6 is 22.9 Å². The van der Waals surface area contributed by atoms with Crippen molar-refractivity contribution in [2.24, 2.45) is 5.41 Å². The third-order valence-corrected chi connectivity index (χ3v) is 4.62. The number of nitrogens with zero attached hydrogens (tertiary/aromatic N) is 1. The van der Waals surface area contributed by atoms with E-state index in [9.17, 15) is 9.59 Å². The average Bonchev–Trinajstić information content (AvgIpc) is 2.87. The van der Waals surface area contributed by atoms with Crippen LogP contribution in [0.2, 0.25) is 5.02 Å². The van der Waals surface area contributed by atoms with Gasteiger partial charge in [0.05, 0.1) is 5.69 Å². The van der Waals surface area contributed by atoms with Crippen molar-refractivity contribution in [2.45, 2.75) is 34.1 Å². The van der Waals surface area contributed by atoms with Gasteiger partial charge in [0.15, 0.2) is 5.13 Å². The van der Waals surface area contributed by atoms with Crippen molar-refractivity contribution in [1.82, 2.24) is 10.3 Å². The number of carbonyl (C=O) groups is 2. The molecule has 2 N–H and O–H groups in total. The van der Waals surface area contributed by atoms with Gasteiger partial charge in [-0.25, -0.2) is 4.98 Å². The first kappa shape index (κ1) is 19.4. The summed E-state index contributed by atoms with van der Waals surface area (Å²) in [6, 6.07) is 7.42. The second-order valence-electron chi connectivity index (χ2n) is 6.73. The van der Waals surface area contributed by atoms with Gasteiger partial charge in [0.1, 0.15) is 0 Å². The van der Waals surface area contributed by atoms with Gasteiger partial charge in [0.2, 0.25) is 11.8 Å². The number of benzene rings is 1. The van der Waals surface area contributed by atoms with Crippen LogP contribution in [-0.4, -0.2) is 23.3 Å². The number of aromatic nitrogens is 1. The molecule has 1 aromatic heterocycles. The Morgan fingerprint density at radius 1 is 1.20 bits per heavy atom. The fraction of sp³-hybridized carbons (Fsp3) is 0.389. The lowest BCUT2D eigenvalue weighted by Gasteiger charge is -2.17. The van der Waals surface area contributed by atoms with Gasteiger partial charge in [-0.2, -0.15) is 0 Å². The van der Waals surface area contributed by atoms with Crippen LogP contribution in [0.5, 0.6) is 0 Å². The van der Waals surface area contributed by atoms with Crippen molar-refractivity contribution in [1.29, 1.82) is 0 Å². The van der Waals surface area contributed by atoms with E-state index in [0.29, 0.717) is 16.7 Å². The molecule has 25 heavy (non-hydrogen) atoms. The Balaban J connectivity index is 1.93. The molecule has 1 heterocycles. The number of amides is 2. The number of rotatable bonds is 5. The minimum Gasteiger partial charge on any atom is -0.355 e. The summed E-state index contributed by atoms with van der Waals surface area (Å²) < 4.78 is 0. The molecule has 0 atom stereocenters. The van der Waals surface area contributed by atoms with Gasteiger partial charge in [0.25, 0.3) is 0 Å². The Bertz CT molecular complexity index is 764. The lowest BCUT2D eigenvalue weighted by Crippen LogP contribution is -2.36. The number of carbonyl (C=O) groups excluding carboxylic acids is 2. The summed E-state index contributed by atoms with van der Waals surface area (Å²) in [6.45, 7) is 7.76. The zero-order chi connectivity index (χ0) is 18.6. The van der Waals surface area contributed by atoms with Crippen molar-refractivity contribution in [2.75, 3.05) is 11.9 Å². The number of aryl methyl sites for hydroxylation is 1. The smallest absolute Gasteiger partial charge is 0.227 e. The minimum atomic E-state index is -0.462. The molecular formula is C18H22ClN3O2S. The van der Waals surface area contributed by atoms with Crippen LogP contribution in [0.4, 0.5) is 5.13 Å². The first-order valence-corrected chi connectivity index (χ1v) is 9.18. The van der Waals surface area contributed by atoms with E-state index in [2.05, 4.69) is 15.6 Å². The van der Waals surface area contributed by atoms with Gasteiger partial charge in [-0.3, -0.25) is 9.59 Å². The summed E-state index contributed by atoms with van der Waals surface area (Å²) >= 11 is 7.33. The van der Waals surface area contributed by atoms with Crippen molar-refractivity contribution < 1.29 is 9.59 Å². The molecule has 134 valence electrons. The third kappa shape index (κ3) is 5.54. The maximum absolute atomic E-state index is 12.0. The number of halogens is 1. The van der Waals surface area contributed by atoms with Gasteiger partial charge < -0.3 is 10.6 Å². The Labute approximate surface area is 156 Å². The Morgan fingerprint density at radius 2 is 1.84 bits per heavy atom. The highest BCUT2D eigenvalue weighted by Crippen LogP contribution is 2.31. The van der Waals surface area contributed by atoms with Crippen LogP contribution in [-0.2, 0) is 9.59 Å². The molecule has 0 spiro atoms. The molecule has 0 aliphatic heterocycles. The number of anilines is 1. The second kappa shape index (κ2) is 7.97. The topological polar surface area (TPSA) is 71.1 Å². The van der Waals surface area contributed by atoms with Crippen LogP contribution in [0.1, 0.15) is 32.1 Å². The van der Waals surface area contributed by atoms with Crippen molar-refractivity contribution in [3.63, 3.8) is 0 Å². The Kier molecular flexibility index (Phi) is 6.19. The molecule has 2 aromatic rings. The quantitative estimate of drug-likeness (QED) is 0.815. The molecule has 0 aliphatic rings. The fourth-order valence-corrected chi connectivity index (χ4v) is 3.04. The molecule has 0 radical (unpaired) electrons. The maximum atomic E-state index is 12.0. The molecule has 2 amide bonds. The van der Waals surface area contributed by atoms with E-state index in [0.717, 1.165) is 16.1 Å². The van der Waals surface area contributed by atoms with Crippen molar-refractivity contribution in [3.8, 4) is 11.3 Å². The number of nitrogens with one attached hydrogen (secondary N) is 2. The van der Waals surface area contributed by atoms with E-state index in [-0.39, 0.29) is 18.2 Å². The maximum Gasteiger partial charge on any atom is 0.227 e. The highest BCUT2D eigenvalue weighted by molar-refractivity contribution is 7.16. The van der Waals surface area contributed by atoms with Gasteiger partial charge in [0, 0.05) is 33.8 Å². The average molecular weight is 380 g/mol. The molecule has 0 saturated carbocycles. The van der Waals surface area contributed by atoms with Crippen LogP contribution in [0, 0.1) is 12.3 Å². The van der Waals surface area contributed by atoms with Crippen molar-refractivity contribution in [3.05, 3.63) is 34.2 Å².